The van der Waals surface area contributed by atoms with Gasteiger partial charge in [-0.15, -0.1) is 11.3 Å². The number of thiophene rings is 1. The van der Waals surface area contributed by atoms with Gasteiger partial charge in [0.2, 0.25) is 0 Å². The molecule has 1 atom stereocenters. The fourth-order valence-corrected chi connectivity index (χ4v) is 2.08. The maximum absolute atomic E-state index is 12.1. The molecule has 0 aliphatic carbocycles. The number of halogens is 3. The van der Waals surface area contributed by atoms with Gasteiger partial charge in [0.25, 0.3) is 0 Å². The number of hydrogen-bond acceptors (Lipinski definition) is 2. The number of rotatable bonds is 4. The van der Waals surface area contributed by atoms with Gasteiger partial charge < -0.3 is 17.8 Å². The molecule has 1 heterocycles. The van der Waals surface area contributed by atoms with E-state index in [-0.39, 0.29) is 57.4 Å². The van der Waals surface area contributed by atoms with E-state index in [2.05, 4.69) is 0 Å². The summed E-state index contributed by atoms with van der Waals surface area (Å²) in [6, 6.07) is 3.54. The molecule has 1 aromatic rings. The van der Waals surface area contributed by atoms with Crippen LogP contribution in [0.2, 0.25) is 0 Å². The first-order chi connectivity index (χ1) is 6.40. The molecule has 0 aromatic carbocycles. The van der Waals surface area contributed by atoms with Crippen LogP contribution in [0.3, 0.4) is 0 Å². The largest absolute Gasteiger partial charge is 1.00 e. The standard InChI is InChI=1S/C8H12BF3NS.K/c1-7(8-4-3-5-14-8)13(2)6-9(10,11)12;/h3-5,7H,6H2,1-2H3;/q-1;+1. The Balaban J connectivity index is 0.00000196. The van der Waals surface area contributed by atoms with E-state index in [1.165, 1.54) is 23.3 Å². The second-order valence-electron chi connectivity index (χ2n) is 3.34. The van der Waals surface area contributed by atoms with Crippen molar-refractivity contribution in [3.63, 3.8) is 0 Å². The van der Waals surface area contributed by atoms with Gasteiger partial charge in [0.1, 0.15) is 0 Å². The van der Waals surface area contributed by atoms with Crippen LogP contribution in [-0.2, 0) is 0 Å². The monoisotopic (exact) mass is 261 g/mol. The van der Waals surface area contributed by atoms with Gasteiger partial charge in [0.05, 0.1) is 0 Å². The van der Waals surface area contributed by atoms with E-state index in [4.69, 9.17) is 0 Å². The van der Waals surface area contributed by atoms with Crippen molar-refractivity contribution in [3.05, 3.63) is 22.4 Å². The Hall–Kier alpha value is 1.15. The SMILES string of the molecule is CC(c1cccs1)N(C)C[B-](F)(F)F.[K+]. The van der Waals surface area contributed by atoms with Crippen molar-refractivity contribution in [1.29, 1.82) is 0 Å². The maximum Gasteiger partial charge on any atom is 1.00 e. The Morgan fingerprint density at radius 2 is 2.07 bits per heavy atom. The van der Waals surface area contributed by atoms with Crippen LogP contribution in [0.15, 0.2) is 17.5 Å². The van der Waals surface area contributed by atoms with Gasteiger partial charge in [-0.2, -0.15) is 0 Å². The number of hydrogen-bond donors (Lipinski definition) is 0. The quantitative estimate of drug-likeness (QED) is 0.696. The minimum atomic E-state index is -4.73. The van der Waals surface area contributed by atoms with Crippen LogP contribution in [0.5, 0.6) is 0 Å². The van der Waals surface area contributed by atoms with Crippen LogP contribution in [0.25, 0.3) is 0 Å². The third-order valence-electron chi connectivity index (χ3n) is 2.11. The maximum atomic E-state index is 12.1. The second kappa shape index (κ2) is 6.78. The molecule has 0 aliphatic rings. The van der Waals surface area contributed by atoms with Gasteiger partial charge >= 0.3 is 58.4 Å². The van der Waals surface area contributed by atoms with Crippen LogP contribution in [0, 0.1) is 0 Å². The van der Waals surface area contributed by atoms with E-state index in [1.54, 1.807) is 6.92 Å². The molecular weight excluding hydrogens is 249 g/mol. The van der Waals surface area contributed by atoms with Gasteiger partial charge in [-0.1, -0.05) is 6.07 Å². The zero-order chi connectivity index (χ0) is 10.8. The van der Waals surface area contributed by atoms with Gasteiger partial charge in [0.15, 0.2) is 0 Å². The van der Waals surface area contributed by atoms with Crippen LogP contribution < -0.4 is 51.4 Å². The molecule has 1 unspecified atom stereocenters. The van der Waals surface area contributed by atoms with Gasteiger partial charge in [0, 0.05) is 10.9 Å². The van der Waals surface area contributed by atoms with E-state index in [0.717, 1.165) is 4.88 Å². The molecule has 0 bridgehead atoms. The van der Waals surface area contributed by atoms with Crippen molar-refractivity contribution in [3.8, 4) is 0 Å². The Bertz CT molecular complexity index is 278. The van der Waals surface area contributed by atoms with Gasteiger partial charge in [-0.3, -0.25) is 0 Å². The van der Waals surface area contributed by atoms with Crippen LogP contribution in [0.1, 0.15) is 17.8 Å². The van der Waals surface area contributed by atoms with E-state index in [1.807, 2.05) is 17.5 Å². The second-order valence-corrected chi connectivity index (χ2v) is 4.32. The van der Waals surface area contributed by atoms with E-state index in [9.17, 15) is 12.9 Å². The molecule has 0 spiro atoms. The summed E-state index contributed by atoms with van der Waals surface area (Å²) >= 11 is 1.48. The summed E-state index contributed by atoms with van der Waals surface area (Å²) in [4.78, 5) is 2.29. The first-order valence-corrected chi connectivity index (χ1v) is 5.23. The molecule has 0 amide bonds. The van der Waals surface area contributed by atoms with Crippen molar-refractivity contribution >= 4 is 18.3 Å². The van der Waals surface area contributed by atoms with Crippen molar-refractivity contribution in [1.82, 2.24) is 4.90 Å². The summed E-state index contributed by atoms with van der Waals surface area (Å²) in [5.41, 5.74) is 0. The third-order valence-corrected chi connectivity index (χ3v) is 3.15. The Morgan fingerprint density at radius 3 is 2.47 bits per heavy atom. The summed E-state index contributed by atoms with van der Waals surface area (Å²) in [5, 5.41) is 1.87. The minimum Gasteiger partial charge on any atom is -0.448 e. The minimum absolute atomic E-state index is 0. The normalized spacial score (nSPS) is 13.7. The predicted molar refractivity (Wildman–Crippen MR) is 54.4 cm³/mol. The Labute approximate surface area is 135 Å². The topological polar surface area (TPSA) is 3.24 Å². The molecule has 1 rings (SSSR count). The molecule has 80 valence electrons. The molecule has 0 aliphatic heterocycles. The average Bonchev–Trinajstić information content (AvgIpc) is 2.51. The van der Waals surface area contributed by atoms with Crippen LogP contribution in [0.4, 0.5) is 12.9 Å². The van der Waals surface area contributed by atoms with Crippen molar-refractivity contribution in [2.24, 2.45) is 0 Å². The van der Waals surface area contributed by atoms with Crippen molar-refractivity contribution in [2.45, 2.75) is 13.0 Å². The molecule has 0 N–H and O–H groups in total. The molecule has 15 heavy (non-hydrogen) atoms. The summed E-state index contributed by atoms with van der Waals surface area (Å²) in [6.07, 6.45) is -0.806. The first-order valence-electron chi connectivity index (χ1n) is 4.35. The van der Waals surface area contributed by atoms with Crippen LogP contribution >= 0.6 is 11.3 Å². The summed E-state index contributed by atoms with van der Waals surface area (Å²) < 4.78 is 36.4. The summed E-state index contributed by atoms with van der Waals surface area (Å²) in [5.74, 6) is 0. The predicted octanol–water partition coefficient (Wildman–Crippen LogP) is 0.131. The smallest absolute Gasteiger partial charge is 0.448 e. The average molecular weight is 261 g/mol. The summed E-state index contributed by atoms with van der Waals surface area (Å²) in [7, 11) is 1.50. The molecule has 1 nitrogen and oxygen atoms in total. The fraction of sp³-hybridized carbons (Fsp3) is 0.500. The van der Waals surface area contributed by atoms with E-state index < -0.39 is 13.4 Å². The van der Waals surface area contributed by atoms with Gasteiger partial charge in [-0.05, 0) is 31.9 Å². The molecule has 0 saturated heterocycles. The third kappa shape index (κ3) is 5.86. The first kappa shape index (κ1) is 16.2. The Kier molecular flexibility index (Phi) is 7.30. The molecule has 0 radical (unpaired) electrons. The molecule has 1 aromatic heterocycles. The zero-order valence-corrected chi connectivity index (χ0v) is 13.0. The summed E-state index contributed by atoms with van der Waals surface area (Å²) in [6.45, 7) is -2.94. The molecule has 7 heteroatoms. The van der Waals surface area contributed by atoms with E-state index >= 15 is 0 Å². The van der Waals surface area contributed by atoms with Gasteiger partial charge in [-0.25, -0.2) is 0 Å². The number of nitrogens with zero attached hydrogens (tertiary/aromatic N) is 1. The molecular formula is C8H12BF3KNS. The molecule has 0 fully saturated rings. The van der Waals surface area contributed by atoms with E-state index in [0.29, 0.717) is 0 Å². The fourth-order valence-electron chi connectivity index (χ4n) is 1.23. The Morgan fingerprint density at radius 1 is 1.47 bits per heavy atom. The molecule has 0 saturated carbocycles. The van der Waals surface area contributed by atoms with Crippen molar-refractivity contribution in [2.75, 3.05) is 13.5 Å². The van der Waals surface area contributed by atoms with Crippen LogP contribution in [-0.4, -0.2) is 25.4 Å². The zero-order valence-electron chi connectivity index (χ0n) is 9.08. The van der Waals surface area contributed by atoms with Crippen molar-refractivity contribution < 1.29 is 64.3 Å².